The summed E-state index contributed by atoms with van der Waals surface area (Å²) in [5, 5.41) is 10.5. The molecule has 2 aliphatic rings. The van der Waals surface area contributed by atoms with E-state index in [2.05, 4.69) is 6.07 Å². The quantitative estimate of drug-likeness (QED) is 0.890. The topological polar surface area (TPSA) is 29.5 Å². The van der Waals surface area contributed by atoms with Gasteiger partial charge in [0.15, 0.2) is 0 Å². The van der Waals surface area contributed by atoms with Crippen molar-refractivity contribution in [3.8, 4) is 5.75 Å². The standard InChI is InChI=1S/C17H24O2/c1-11-7-14(5-6-17(11)19-2)16(18)10-15-9-12-3-4-13(15)8-12/h5-7,12-13,15-16,18H,3-4,8-10H2,1-2H3. The lowest BCUT2D eigenvalue weighted by Crippen LogP contribution is -2.14. The fraction of sp³-hybridized carbons (Fsp3) is 0.647. The zero-order chi connectivity index (χ0) is 13.4. The number of hydrogen-bond acceptors (Lipinski definition) is 2. The summed E-state index contributed by atoms with van der Waals surface area (Å²) in [4.78, 5) is 0. The van der Waals surface area contributed by atoms with Crippen molar-refractivity contribution in [2.75, 3.05) is 7.11 Å². The van der Waals surface area contributed by atoms with Gasteiger partial charge in [-0.15, -0.1) is 0 Å². The zero-order valence-electron chi connectivity index (χ0n) is 11.9. The van der Waals surface area contributed by atoms with E-state index in [0.29, 0.717) is 0 Å². The molecule has 1 aromatic carbocycles. The summed E-state index contributed by atoms with van der Waals surface area (Å²) < 4.78 is 5.27. The Labute approximate surface area is 115 Å². The maximum Gasteiger partial charge on any atom is 0.121 e. The molecule has 3 rings (SSSR count). The summed E-state index contributed by atoms with van der Waals surface area (Å²) in [6.07, 6.45) is 6.21. The van der Waals surface area contributed by atoms with Crippen LogP contribution in [-0.4, -0.2) is 12.2 Å². The Bertz CT molecular complexity index is 455. The number of aryl methyl sites for hydroxylation is 1. The average molecular weight is 260 g/mol. The van der Waals surface area contributed by atoms with Crippen LogP contribution in [0.25, 0.3) is 0 Å². The highest BCUT2D eigenvalue weighted by Gasteiger charge is 2.40. The van der Waals surface area contributed by atoms with Gasteiger partial charge in [-0.2, -0.15) is 0 Å². The van der Waals surface area contributed by atoms with Crippen LogP contribution in [0.4, 0.5) is 0 Å². The SMILES string of the molecule is COc1ccc(C(O)CC2CC3CCC2C3)cc1C. The maximum atomic E-state index is 10.5. The molecule has 2 aliphatic carbocycles. The minimum absolute atomic E-state index is 0.311. The van der Waals surface area contributed by atoms with Gasteiger partial charge >= 0.3 is 0 Å². The molecular weight excluding hydrogens is 236 g/mol. The molecule has 2 bridgehead atoms. The molecule has 0 radical (unpaired) electrons. The Morgan fingerprint density at radius 3 is 2.74 bits per heavy atom. The summed E-state index contributed by atoms with van der Waals surface area (Å²) in [7, 11) is 1.69. The molecule has 2 saturated carbocycles. The zero-order valence-corrected chi connectivity index (χ0v) is 11.9. The third kappa shape index (κ3) is 2.51. The van der Waals surface area contributed by atoms with E-state index in [9.17, 15) is 5.11 Å². The molecule has 2 heteroatoms. The van der Waals surface area contributed by atoms with Crippen molar-refractivity contribution in [1.82, 2.24) is 0 Å². The lowest BCUT2D eigenvalue weighted by atomic mass is 9.83. The van der Waals surface area contributed by atoms with Gasteiger partial charge in [0.2, 0.25) is 0 Å². The number of rotatable bonds is 4. The smallest absolute Gasteiger partial charge is 0.121 e. The molecule has 4 atom stereocenters. The number of ether oxygens (including phenoxy) is 1. The van der Waals surface area contributed by atoms with Crippen LogP contribution in [0.15, 0.2) is 18.2 Å². The molecule has 1 aromatic rings. The van der Waals surface area contributed by atoms with Gasteiger partial charge in [0, 0.05) is 0 Å². The van der Waals surface area contributed by atoms with Crippen LogP contribution in [0, 0.1) is 24.7 Å². The average Bonchev–Trinajstić information content (AvgIpc) is 3.00. The monoisotopic (exact) mass is 260 g/mol. The Morgan fingerprint density at radius 1 is 1.32 bits per heavy atom. The third-order valence-corrected chi connectivity index (χ3v) is 5.21. The molecule has 0 saturated heterocycles. The number of fused-ring (bicyclic) bond motifs is 2. The first-order valence-corrected chi connectivity index (χ1v) is 7.50. The molecule has 19 heavy (non-hydrogen) atoms. The molecule has 0 amide bonds. The molecule has 0 aliphatic heterocycles. The molecule has 2 nitrogen and oxygen atoms in total. The third-order valence-electron chi connectivity index (χ3n) is 5.21. The summed E-state index contributed by atoms with van der Waals surface area (Å²) in [5.74, 6) is 3.49. The van der Waals surface area contributed by atoms with Gasteiger partial charge in [-0.25, -0.2) is 0 Å². The predicted octanol–water partition coefficient (Wildman–Crippen LogP) is 3.86. The highest BCUT2D eigenvalue weighted by atomic mass is 16.5. The van der Waals surface area contributed by atoms with Crippen LogP contribution in [0.1, 0.15) is 49.3 Å². The van der Waals surface area contributed by atoms with Crippen LogP contribution in [0.3, 0.4) is 0 Å². The van der Waals surface area contributed by atoms with E-state index in [0.717, 1.165) is 41.1 Å². The second-order valence-electron chi connectivity index (χ2n) is 6.42. The van der Waals surface area contributed by atoms with Crippen LogP contribution < -0.4 is 4.74 Å². The Balaban J connectivity index is 1.67. The number of methoxy groups -OCH3 is 1. The van der Waals surface area contributed by atoms with Gasteiger partial charge in [0.05, 0.1) is 13.2 Å². The lowest BCUT2D eigenvalue weighted by molar-refractivity contribution is 0.125. The van der Waals surface area contributed by atoms with Gasteiger partial charge in [-0.1, -0.05) is 12.5 Å². The van der Waals surface area contributed by atoms with Crippen LogP contribution >= 0.6 is 0 Å². The van der Waals surface area contributed by atoms with Gasteiger partial charge in [0.1, 0.15) is 5.75 Å². The molecule has 0 heterocycles. The second-order valence-corrected chi connectivity index (χ2v) is 6.42. The first-order chi connectivity index (χ1) is 9.17. The first kappa shape index (κ1) is 13.0. The minimum Gasteiger partial charge on any atom is -0.496 e. The predicted molar refractivity (Wildman–Crippen MR) is 76.2 cm³/mol. The van der Waals surface area contributed by atoms with Crippen molar-refractivity contribution in [2.45, 2.75) is 45.1 Å². The van der Waals surface area contributed by atoms with Crippen LogP contribution in [0.5, 0.6) is 5.75 Å². The highest BCUT2D eigenvalue weighted by Crippen LogP contribution is 2.51. The lowest BCUT2D eigenvalue weighted by Gasteiger charge is -2.24. The molecular formula is C17H24O2. The fourth-order valence-electron chi connectivity index (χ4n) is 4.20. The number of aliphatic hydroxyl groups excluding tert-OH is 1. The van der Waals surface area contributed by atoms with Crippen molar-refractivity contribution >= 4 is 0 Å². The van der Waals surface area contributed by atoms with Crippen molar-refractivity contribution in [3.63, 3.8) is 0 Å². The Morgan fingerprint density at radius 2 is 2.16 bits per heavy atom. The van der Waals surface area contributed by atoms with Crippen molar-refractivity contribution < 1.29 is 9.84 Å². The largest absolute Gasteiger partial charge is 0.496 e. The molecule has 104 valence electrons. The van der Waals surface area contributed by atoms with Crippen molar-refractivity contribution in [2.24, 2.45) is 17.8 Å². The summed E-state index contributed by atoms with van der Waals surface area (Å²) in [6, 6.07) is 6.04. The summed E-state index contributed by atoms with van der Waals surface area (Å²) in [5.41, 5.74) is 2.15. The van der Waals surface area contributed by atoms with Gasteiger partial charge in [0.25, 0.3) is 0 Å². The van der Waals surface area contributed by atoms with Crippen LogP contribution in [0.2, 0.25) is 0 Å². The maximum absolute atomic E-state index is 10.5. The van der Waals surface area contributed by atoms with E-state index in [1.165, 1.54) is 25.7 Å². The normalized spacial score (nSPS) is 30.6. The molecule has 0 spiro atoms. The van der Waals surface area contributed by atoms with Crippen LogP contribution in [-0.2, 0) is 0 Å². The van der Waals surface area contributed by atoms with E-state index >= 15 is 0 Å². The van der Waals surface area contributed by atoms with E-state index in [1.54, 1.807) is 7.11 Å². The van der Waals surface area contributed by atoms with E-state index in [4.69, 9.17) is 4.74 Å². The van der Waals surface area contributed by atoms with Crippen molar-refractivity contribution in [1.29, 1.82) is 0 Å². The highest BCUT2D eigenvalue weighted by molar-refractivity contribution is 5.37. The summed E-state index contributed by atoms with van der Waals surface area (Å²) >= 11 is 0. The summed E-state index contributed by atoms with van der Waals surface area (Å²) in [6.45, 7) is 2.03. The van der Waals surface area contributed by atoms with Gasteiger partial charge in [-0.3, -0.25) is 0 Å². The molecule has 1 N–H and O–H groups in total. The Kier molecular flexibility index (Phi) is 3.53. The number of hydrogen-bond donors (Lipinski definition) is 1. The molecule has 4 unspecified atom stereocenters. The second kappa shape index (κ2) is 5.16. The van der Waals surface area contributed by atoms with E-state index in [1.807, 2.05) is 19.1 Å². The first-order valence-electron chi connectivity index (χ1n) is 7.50. The molecule has 0 aromatic heterocycles. The minimum atomic E-state index is -0.311. The molecule has 2 fully saturated rings. The van der Waals surface area contributed by atoms with Crippen molar-refractivity contribution in [3.05, 3.63) is 29.3 Å². The number of aliphatic hydroxyl groups is 1. The Hall–Kier alpha value is -1.02. The van der Waals surface area contributed by atoms with E-state index < -0.39 is 0 Å². The van der Waals surface area contributed by atoms with Gasteiger partial charge in [-0.05, 0) is 73.6 Å². The number of benzene rings is 1. The fourth-order valence-corrected chi connectivity index (χ4v) is 4.20. The van der Waals surface area contributed by atoms with Gasteiger partial charge < -0.3 is 9.84 Å². The van der Waals surface area contributed by atoms with E-state index in [-0.39, 0.29) is 6.10 Å².